The van der Waals surface area contributed by atoms with Gasteiger partial charge in [-0.3, -0.25) is 4.72 Å². The number of benzene rings is 1. The number of nitrogens with zero attached hydrogens (tertiary/aromatic N) is 1. The molecule has 112 valence electrons. The van der Waals surface area contributed by atoms with Crippen molar-refractivity contribution in [2.75, 3.05) is 10.1 Å². The molecule has 0 unspecified atom stereocenters. The second-order valence-electron chi connectivity index (χ2n) is 3.85. The molecule has 10 heteroatoms. The van der Waals surface area contributed by atoms with Crippen LogP contribution in [-0.4, -0.2) is 13.4 Å². The molecule has 0 atom stereocenters. The largest absolute Gasteiger partial charge is 0.307 e. The number of nitrogens with two attached hydrogens (primary N) is 1. The SMILES string of the molecule is NNc1ncc(S(=O)(=O)Nc2c(Cl)cccc2Cl)cc1Cl. The highest BCUT2D eigenvalue weighted by Gasteiger charge is 2.19. The first kappa shape index (κ1) is 16.1. The van der Waals surface area contributed by atoms with Crippen LogP contribution in [0, 0.1) is 0 Å². The van der Waals surface area contributed by atoms with E-state index in [2.05, 4.69) is 15.1 Å². The molecule has 0 fully saturated rings. The van der Waals surface area contributed by atoms with Gasteiger partial charge in [-0.15, -0.1) is 0 Å². The maximum atomic E-state index is 12.3. The number of hydrogen-bond donors (Lipinski definition) is 3. The number of sulfonamides is 1. The highest BCUT2D eigenvalue weighted by atomic mass is 35.5. The average Bonchev–Trinajstić information content (AvgIpc) is 2.43. The van der Waals surface area contributed by atoms with Crippen molar-refractivity contribution < 1.29 is 8.42 Å². The molecule has 0 spiro atoms. The van der Waals surface area contributed by atoms with Gasteiger partial charge in [0.2, 0.25) is 0 Å². The van der Waals surface area contributed by atoms with Crippen LogP contribution in [0.2, 0.25) is 15.1 Å². The molecule has 1 heterocycles. The maximum absolute atomic E-state index is 12.3. The summed E-state index contributed by atoms with van der Waals surface area (Å²) in [5.41, 5.74) is 2.32. The van der Waals surface area contributed by atoms with Gasteiger partial charge in [-0.1, -0.05) is 40.9 Å². The molecular formula is C11H9Cl3N4O2S. The van der Waals surface area contributed by atoms with E-state index in [-0.39, 0.29) is 31.5 Å². The molecule has 0 saturated carbocycles. The van der Waals surface area contributed by atoms with Crippen LogP contribution >= 0.6 is 34.8 Å². The normalized spacial score (nSPS) is 11.2. The Hall–Kier alpha value is -1.25. The zero-order valence-corrected chi connectivity index (χ0v) is 13.4. The van der Waals surface area contributed by atoms with Crippen LogP contribution in [0.1, 0.15) is 0 Å². The summed E-state index contributed by atoms with van der Waals surface area (Å²) in [5, 5.41) is 0.404. The molecule has 4 N–H and O–H groups in total. The number of aromatic nitrogens is 1. The lowest BCUT2D eigenvalue weighted by Crippen LogP contribution is -2.15. The Bertz CT molecular complexity index is 763. The van der Waals surface area contributed by atoms with Crippen LogP contribution in [0.4, 0.5) is 11.5 Å². The molecule has 1 aromatic heterocycles. The summed E-state index contributed by atoms with van der Waals surface area (Å²) in [6.45, 7) is 0. The van der Waals surface area contributed by atoms with Crippen molar-refractivity contribution in [3.8, 4) is 0 Å². The van der Waals surface area contributed by atoms with Gasteiger partial charge in [-0.2, -0.15) is 0 Å². The third-order valence-electron chi connectivity index (χ3n) is 2.46. The van der Waals surface area contributed by atoms with Crippen molar-refractivity contribution in [1.82, 2.24) is 4.98 Å². The van der Waals surface area contributed by atoms with E-state index in [9.17, 15) is 8.42 Å². The van der Waals surface area contributed by atoms with Gasteiger partial charge in [0.1, 0.15) is 4.90 Å². The fourth-order valence-corrected chi connectivity index (χ4v) is 3.42. The lowest BCUT2D eigenvalue weighted by atomic mass is 10.3. The maximum Gasteiger partial charge on any atom is 0.263 e. The van der Waals surface area contributed by atoms with Crippen LogP contribution in [0.5, 0.6) is 0 Å². The number of hydrazine groups is 1. The Morgan fingerprint density at radius 1 is 1.10 bits per heavy atom. The molecule has 0 aliphatic rings. The van der Waals surface area contributed by atoms with Crippen molar-refractivity contribution in [1.29, 1.82) is 0 Å². The van der Waals surface area contributed by atoms with E-state index in [1.807, 2.05) is 0 Å². The van der Waals surface area contributed by atoms with Crippen LogP contribution in [-0.2, 0) is 10.0 Å². The highest BCUT2D eigenvalue weighted by molar-refractivity contribution is 7.92. The Balaban J connectivity index is 2.41. The van der Waals surface area contributed by atoms with Crippen LogP contribution in [0.25, 0.3) is 0 Å². The molecule has 6 nitrogen and oxygen atoms in total. The van der Waals surface area contributed by atoms with Gasteiger partial charge in [-0.25, -0.2) is 19.2 Å². The molecule has 0 aliphatic carbocycles. The molecule has 0 aliphatic heterocycles. The van der Waals surface area contributed by atoms with E-state index < -0.39 is 10.0 Å². The first-order valence-electron chi connectivity index (χ1n) is 5.44. The fourth-order valence-electron chi connectivity index (χ4n) is 1.46. The van der Waals surface area contributed by atoms with Crippen molar-refractivity contribution in [2.24, 2.45) is 5.84 Å². The van der Waals surface area contributed by atoms with Crippen LogP contribution in [0.3, 0.4) is 0 Å². The summed E-state index contributed by atoms with van der Waals surface area (Å²) in [6.07, 6.45) is 1.11. The molecule has 2 rings (SSSR count). The summed E-state index contributed by atoms with van der Waals surface area (Å²) < 4.78 is 26.9. The van der Waals surface area contributed by atoms with Gasteiger partial charge in [-0.05, 0) is 18.2 Å². The van der Waals surface area contributed by atoms with E-state index in [1.165, 1.54) is 18.2 Å². The summed E-state index contributed by atoms with van der Waals surface area (Å²) >= 11 is 17.7. The number of nitrogen functional groups attached to an aromatic ring is 1. The molecule has 0 bridgehead atoms. The predicted molar refractivity (Wildman–Crippen MR) is 84.3 cm³/mol. The molecule has 0 saturated heterocycles. The molecule has 1 aromatic carbocycles. The van der Waals surface area contributed by atoms with Gasteiger partial charge in [0.05, 0.1) is 20.8 Å². The van der Waals surface area contributed by atoms with Crippen molar-refractivity contribution >= 4 is 56.3 Å². The topological polar surface area (TPSA) is 97.1 Å². The van der Waals surface area contributed by atoms with Crippen molar-refractivity contribution in [2.45, 2.75) is 4.90 Å². The highest BCUT2D eigenvalue weighted by Crippen LogP contribution is 2.32. The minimum atomic E-state index is -3.94. The summed E-state index contributed by atoms with van der Waals surface area (Å²) in [7, 11) is -3.94. The zero-order valence-electron chi connectivity index (χ0n) is 10.3. The lowest BCUT2D eigenvalue weighted by molar-refractivity contribution is 0.601. The minimum Gasteiger partial charge on any atom is -0.307 e. The monoisotopic (exact) mass is 366 g/mol. The third kappa shape index (κ3) is 3.50. The molecule has 0 radical (unpaired) electrons. The first-order chi connectivity index (χ1) is 9.85. The van der Waals surface area contributed by atoms with E-state index in [0.29, 0.717) is 0 Å². The number of para-hydroxylation sites is 1. The standard InChI is InChI=1S/C11H9Cl3N4O2S/c12-7-2-1-3-8(13)10(7)18-21(19,20)6-4-9(14)11(17-15)16-5-6/h1-5,18H,15H2,(H,16,17). The summed E-state index contributed by atoms with van der Waals surface area (Å²) in [5.74, 6) is 5.33. The molecule has 0 amide bonds. The van der Waals surface area contributed by atoms with Gasteiger partial charge >= 0.3 is 0 Å². The van der Waals surface area contributed by atoms with Crippen LogP contribution in [0.15, 0.2) is 35.4 Å². The Morgan fingerprint density at radius 2 is 1.71 bits per heavy atom. The quantitative estimate of drug-likeness (QED) is 0.570. The smallest absolute Gasteiger partial charge is 0.263 e. The predicted octanol–water partition coefficient (Wildman–Crippen LogP) is 3.13. The van der Waals surface area contributed by atoms with Crippen molar-refractivity contribution in [3.63, 3.8) is 0 Å². The van der Waals surface area contributed by atoms with E-state index in [1.54, 1.807) is 6.07 Å². The number of pyridine rings is 1. The average molecular weight is 368 g/mol. The van der Waals surface area contributed by atoms with Crippen LogP contribution < -0.4 is 16.0 Å². The number of hydrogen-bond acceptors (Lipinski definition) is 5. The summed E-state index contributed by atoms with van der Waals surface area (Å²) in [4.78, 5) is 3.65. The third-order valence-corrected chi connectivity index (χ3v) is 4.70. The van der Waals surface area contributed by atoms with Gasteiger partial charge in [0, 0.05) is 6.20 Å². The Labute approximate surface area is 136 Å². The first-order valence-corrected chi connectivity index (χ1v) is 8.06. The lowest BCUT2D eigenvalue weighted by Gasteiger charge is -2.11. The molecule has 2 aromatic rings. The zero-order chi connectivity index (χ0) is 15.6. The number of rotatable bonds is 4. The fraction of sp³-hybridized carbons (Fsp3) is 0. The Kier molecular flexibility index (Phi) is 4.80. The minimum absolute atomic E-state index is 0.0608. The van der Waals surface area contributed by atoms with E-state index >= 15 is 0 Å². The summed E-state index contributed by atoms with van der Waals surface area (Å²) in [6, 6.07) is 5.83. The molecular weight excluding hydrogens is 359 g/mol. The van der Waals surface area contributed by atoms with Gasteiger partial charge in [0.25, 0.3) is 10.0 Å². The van der Waals surface area contributed by atoms with Crippen molar-refractivity contribution in [3.05, 3.63) is 45.5 Å². The van der Waals surface area contributed by atoms with Gasteiger partial charge in [0.15, 0.2) is 5.82 Å². The number of nitrogens with one attached hydrogen (secondary N) is 2. The van der Waals surface area contributed by atoms with E-state index in [4.69, 9.17) is 40.6 Å². The Morgan fingerprint density at radius 3 is 2.24 bits per heavy atom. The number of anilines is 2. The second kappa shape index (κ2) is 6.25. The molecule has 21 heavy (non-hydrogen) atoms. The van der Waals surface area contributed by atoms with E-state index in [0.717, 1.165) is 6.20 Å². The number of halogens is 3. The van der Waals surface area contributed by atoms with Gasteiger partial charge < -0.3 is 5.43 Å². The second-order valence-corrected chi connectivity index (χ2v) is 6.75.